The number of benzene rings is 1. The number of likely N-dealkylation sites (N-methyl/N-ethyl adjacent to an activating group) is 1. The highest BCUT2D eigenvalue weighted by Gasteiger charge is 2.25. The molecule has 1 fully saturated rings. The molecule has 1 N–H and O–H groups in total. The van der Waals surface area contributed by atoms with E-state index >= 15 is 0 Å². The van der Waals surface area contributed by atoms with E-state index in [-0.39, 0.29) is 17.6 Å². The van der Waals surface area contributed by atoms with Crippen molar-refractivity contribution in [2.45, 2.75) is 25.8 Å². The van der Waals surface area contributed by atoms with E-state index in [1.54, 1.807) is 24.4 Å². The number of phenols is 1. The zero-order valence-electron chi connectivity index (χ0n) is 15.8. The molecule has 0 spiro atoms. The highest BCUT2D eigenvalue weighted by atomic mass is 19.1. The summed E-state index contributed by atoms with van der Waals surface area (Å²) in [7, 11) is 2.08. The summed E-state index contributed by atoms with van der Waals surface area (Å²) < 4.78 is 22.2. The number of rotatable bonds is 2. The molecule has 0 bridgehead atoms. The van der Waals surface area contributed by atoms with Crippen LogP contribution in [0.15, 0.2) is 35.1 Å². The Morgan fingerprint density at radius 3 is 2.93 bits per heavy atom. The second-order valence-electron chi connectivity index (χ2n) is 7.61. The number of fused-ring (bicyclic) bond motifs is 2. The first-order valence-electron chi connectivity index (χ1n) is 9.46. The molecule has 0 amide bonds. The predicted molar refractivity (Wildman–Crippen MR) is 105 cm³/mol. The standard InChI is InChI=1S/C21H21FN4O2/c1-12-18-16(22)11-26(13-4-3-8-25(2)10-13)21(18)24-23-19(12)15-5-6-17-14(20(15)27)7-9-28-17/h5-7,9,11,13,27H,3-4,8,10H2,1-2H3/t13-/m1/s1. The van der Waals surface area contributed by atoms with Gasteiger partial charge < -0.3 is 19.0 Å². The van der Waals surface area contributed by atoms with Gasteiger partial charge in [0.15, 0.2) is 11.5 Å². The minimum Gasteiger partial charge on any atom is -0.506 e. The maximum Gasteiger partial charge on any atom is 0.166 e. The minimum absolute atomic E-state index is 0.0664. The molecule has 28 heavy (non-hydrogen) atoms. The molecular weight excluding hydrogens is 359 g/mol. The molecule has 1 aliphatic heterocycles. The normalized spacial score (nSPS) is 18.3. The van der Waals surface area contributed by atoms with Crippen LogP contribution in [0.1, 0.15) is 24.4 Å². The Labute approximate surface area is 161 Å². The first kappa shape index (κ1) is 17.2. The molecule has 144 valence electrons. The maximum atomic E-state index is 14.9. The van der Waals surface area contributed by atoms with Crippen LogP contribution in [0.2, 0.25) is 0 Å². The van der Waals surface area contributed by atoms with Crippen molar-refractivity contribution in [3.8, 4) is 17.0 Å². The molecule has 5 rings (SSSR count). The molecule has 1 aromatic carbocycles. The van der Waals surface area contributed by atoms with Crippen molar-refractivity contribution in [2.75, 3.05) is 20.1 Å². The summed E-state index contributed by atoms with van der Waals surface area (Å²) in [4.78, 5) is 2.25. The van der Waals surface area contributed by atoms with Gasteiger partial charge in [0.1, 0.15) is 17.0 Å². The average Bonchev–Trinajstić information content (AvgIpc) is 3.28. The molecule has 1 aliphatic rings. The fraction of sp³-hybridized carbons (Fsp3) is 0.333. The fourth-order valence-corrected chi connectivity index (χ4v) is 4.34. The lowest BCUT2D eigenvalue weighted by molar-refractivity contribution is 0.214. The molecule has 0 aliphatic carbocycles. The zero-order valence-corrected chi connectivity index (χ0v) is 15.8. The van der Waals surface area contributed by atoms with Crippen molar-refractivity contribution < 1.29 is 13.9 Å². The highest BCUT2D eigenvalue weighted by molar-refractivity contribution is 5.94. The van der Waals surface area contributed by atoms with E-state index in [2.05, 4.69) is 22.1 Å². The lowest BCUT2D eigenvalue weighted by atomic mass is 10.0. The Kier molecular flexibility index (Phi) is 3.87. The van der Waals surface area contributed by atoms with Crippen LogP contribution in [0.4, 0.5) is 4.39 Å². The molecule has 4 aromatic rings. The van der Waals surface area contributed by atoms with E-state index in [4.69, 9.17) is 4.42 Å². The molecule has 1 saturated heterocycles. The average molecular weight is 380 g/mol. The number of nitrogens with zero attached hydrogens (tertiary/aromatic N) is 4. The van der Waals surface area contributed by atoms with Crippen LogP contribution in [0.3, 0.4) is 0 Å². The lowest BCUT2D eigenvalue weighted by Crippen LogP contribution is -2.33. The van der Waals surface area contributed by atoms with Gasteiger partial charge in [-0.15, -0.1) is 10.2 Å². The summed E-state index contributed by atoms with van der Waals surface area (Å²) in [6.45, 7) is 3.75. The third kappa shape index (κ3) is 2.50. The number of phenolic OH excluding ortho intramolecular Hbond substituents is 1. The number of hydrogen-bond acceptors (Lipinski definition) is 5. The second-order valence-corrected chi connectivity index (χ2v) is 7.61. The van der Waals surface area contributed by atoms with Gasteiger partial charge in [0, 0.05) is 24.3 Å². The molecule has 0 radical (unpaired) electrons. The van der Waals surface area contributed by atoms with Crippen LogP contribution in [0.25, 0.3) is 33.3 Å². The molecule has 0 unspecified atom stereocenters. The van der Waals surface area contributed by atoms with Crippen molar-refractivity contribution >= 4 is 22.0 Å². The van der Waals surface area contributed by atoms with E-state index in [0.717, 1.165) is 25.9 Å². The van der Waals surface area contributed by atoms with Crippen LogP contribution >= 0.6 is 0 Å². The summed E-state index contributed by atoms with van der Waals surface area (Å²) in [5.74, 6) is -0.238. The molecule has 4 heterocycles. The molecule has 1 atom stereocenters. The smallest absolute Gasteiger partial charge is 0.166 e. The fourth-order valence-electron chi connectivity index (χ4n) is 4.34. The monoisotopic (exact) mass is 380 g/mol. The van der Waals surface area contributed by atoms with E-state index in [9.17, 15) is 9.50 Å². The summed E-state index contributed by atoms with van der Waals surface area (Å²) in [5, 5.41) is 20.5. The lowest BCUT2D eigenvalue weighted by Gasteiger charge is -2.30. The number of halogens is 1. The van der Waals surface area contributed by atoms with E-state index in [1.807, 2.05) is 11.5 Å². The Hall–Kier alpha value is -2.93. The van der Waals surface area contributed by atoms with Gasteiger partial charge in [0.05, 0.1) is 17.0 Å². The summed E-state index contributed by atoms with van der Waals surface area (Å²) in [5.41, 5.74) is 2.81. The number of aromatic hydroxyl groups is 1. The Morgan fingerprint density at radius 2 is 2.11 bits per heavy atom. The van der Waals surface area contributed by atoms with E-state index in [0.29, 0.717) is 38.8 Å². The van der Waals surface area contributed by atoms with Crippen molar-refractivity contribution in [1.29, 1.82) is 0 Å². The number of furan rings is 1. The quantitative estimate of drug-likeness (QED) is 0.563. The molecular formula is C21H21FN4O2. The topological polar surface area (TPSA) is 67.3 Å². The molecule has 3 aromatic heterocycles. The van der Waals surface area contributed by atoms with Crippen molar-refractivity contribution in [1.82, 2.24) is 19.7 Å². The number of piperidine rings is 1. The highest BCUT2D eigenvalue weighted by Crippen LogP contribution is 2.39. The van der Waals surface area contributed by atoms with Crippen LogP contribution < -0.4 is 0 Å². The van der Waals surface area contributed by atoms with Crippen molar-refractivity contribution in [3.63, 3.8) is 0 Å². The summed E-state index contributed by atoms with van der Waals surface area (Å²) >= 11 is 0. The third-order valence-corrected chi connectivity index (χ3v) is 5.79. The van der Waals surface area contributed by atoms with E-state index in [1.165, 1.54) is 6.26 Å². The van der Waals surface area contributed by atoms with Crippen LogP contribution in [0, 0.1) is 12.7 Å². The Balaban J connectivity index is 1.67. The van der Waals surface area contributed by atoms with Crippen molar-refractivity contribution in [3.05, 3.63) is 42.0 Å². The summed E-state index contributed by atoms with van der Waals surface area (Å²) in [6.07, 6.45) is 5.13. The SMILES string of the molecule is Cc1c(-c2ccc3occc3c2O)nnc2c1c(F)cn2[C@@H]1CCCN(C)C1. The first-order chi connectivity index (χ1) is 13.5. The predicted octanol–water partition coefficient (Wildman–Crippen LogP) is 4.26. The molecule has 0 saturated carbocycles. The van der Waals surface area contributed by atoms with Crippen molar-refractivity contribution in [2.24, 2.45) is 0 Å². The Bertz CT molecular complexity index is 1200. The van der Waals surface area contributed by atoms with Crippen LogP contribution in [0.5, 0.6) is 5.75 Å². The van der Waals surface area contributed by atoms with Gasteiger partial charge in [-0.25, -0.2) is 4.39 Å². The number of aromatic nitrogens is 3. The second kappa shape index (κ2) is 6.31. The van der Waals surface area contributed by atoms with Gasteiger partial charge in [0.2, 0.25) is 0 Å². The number of likely N-dealkylation sites (tertiary alicyclic amines) is 1. The minimum atomic E-state index is -0.305. The van der Waals surface area contributed by atoms with Crippen LogP contribution in [-0.4, -0.2) is 44.9 Å². The largest absolute Gasteiger partial charge is 0.506 e. The van der Waals surface area contributed by atoms with Crippen LogP contribution in [-0.2, 0) is 0 Å². The van der Waals surface area contributed by atoms with Gasteiger partial charge in [-0.2, -0.15) is 0 Å². The molecule has 6 nitrogen and oxygen atoms in total. The summed E-state index contributed by atoms with van der Waals surface area (Å²) in [6, 6.07) is 5.39. The Morgan fingerprint density at radius 1 is 1.25 bits per heavy atom. The van der Waals surface area contributed by atoms with Gasteiger partial charge in [-0.1, -0.05) is 0 Å². The maximum absolute atomic E-state index is 14.9. The molecule has 7 heteroatoms. The number of aryl methyl sites for hydroxylation is 1. The third-order valence-electron chi connectivity index (χ3n) is 5.79. The van der Waals surface area contributed by atoms with Gasteiger partial charge in [0.25, 0.3) is 0 Å². The zero-order chi connectivity index (χ0) is 19.4. The van der Waals surface area contributed by atoms with Gasteiger partial charge in [-0.05, 0) is 57.1 Å². The van der Waals surface area contributed by atoms with E-state index < -0.39 is 0 Å². The van der Waals surface area contributed by atoms with Gasteiger partial charge in [-0.3, -0.25) is 0 Å². The first-order valence-corrected chi connectivity index (χ1v) is 9.46. The number of hydrogen-bond donors (Lipinski definition) is 1. The van der Waals surface area contributed by atoms with Gasteiger partial charge >= 0.3 is 0 Å².